The maximum atomic E-state index is 12.5. The summed E-state index contributed by atoms with van der Waals surface area (Å²) in [6, 6.07) is 4.73. The highest BCUT2D eigenvalue weighted by Gasteiger charge is 2.60. The Balaban J connectivity index is 1.73. The fraction of sp³-hybridized carbons (Fsp3) is 0.550. The van der Waals surface area contributed by atoms with E-state index in [-0.39, 0.29) is 23.3 Å². The molecule has 3 rings (SSSR count). The van der Waals surface area contributed by atoms with Crippen molar-refractivity contribution in [1.29, 1.82) is 0 Å². The van der Waals surface area contributed by atoms with Crippen LogP contribution in [0, 0.1) is 16.7 Å². The van der Waals surface area contributed by atoms with E-state index in [1.54, 1.807) is 18.2 Å². The quantitative estimate of drug-likeness (QED) is 0.748. The van der Waals surface area contributed by atoms with Crippen molar-refractivity contribution in [2.24, 2.45) is 27.6 Å². The predicted octanol–water partition coefficient (Wildman–Crippen LogP) is 2.49. The Bertz CT molecular complexity index is 802. The number of nitrogens with zero attached hydrogens (tertiary/aromatic N) is 1. The SMILES string of the molecule is COc1cc(C(=O)N/N=C2/C[C@@H]3CC[C@]2(C)C3(C)C)ccc1OCC(N)=O. The van der Waals surface area contributed by atoms with Gasteiger partial charge in [-0.3, -0.25) is 9.59 Å². The summed E-state index contributed by atoms with van der Waals surface area (Å²) in [5.41, 5.74) is 9.49. The van der Waals surface area contributed by atoms with E-state index in [0.29, 0.717) is 23.0 Å². The van der Waals surface area contributed by atoms with Gasteiger partial charge in [0.15, 0.2) is 18.1 Å². The minimum Gasteiger partial charge on any atom is -0.493 e. The third-order valence-corrected chi connectivity index (χ3v) is 6.60. The number of rotatable bonds is 6. The number of amides is 2. The third-order valence-electron chi connectivity index (χ3n) is 6.60. The van der Waals surface area contributed by atoms with Gasteiger partial charge in [-0.1, -0.05) is 20.8 Å². The highest BCUT2D eigenvalue weighted by molar-refractivity contribution is 5.98. The van der Waals surface area contributed by atoms with Crippen LogP contribution in [0.5, 0.6) is 11.5 Å². The number of nitrogens with one attached hydrogen (secondary N) is 1. The molecule has 0 saturated heterocycles. The number of hydrogen-bond acceptors (Lipinski definition) is 5. The van der Waals surface area contributed by atoms with E-state index >= 15 is 0 Å². The third kappa shape index (κ3) is 3.26. The molecule has 27 heavy (non-hydrogen) atoms. The number of hydrazone groups is 1. The second-order valence-corrected chi connectivity index (χ2v) is 8.11. The van der Waals surface area contributed by atoms with Gasteiger partial charge >= 0.3 is 0 Å². The first-order valence-electron chi connectivity index (χ1n) is 9.15. The highest BCUT2D eigenvalue weighted by atomic mass is 16.5. The van der Waals surface area contributed by atoms with Gasteiger partial charge in [-0.05, 0) is 48.8 Å². The number of carbonyl (C=O) groups is 2. The van der Waals surface area contributed by atoms with Gasteiger partial charge in [0.1, 0.15) is 0 Å². The van der Waals surface area contributed by atoms with Crippen LogP contribution >= 0.6 is 0 Å². The zero-order valence-electron chi connectivity index (χ0n) is 16.3. The Hall–Kier alpha value is -2.57. The van der Waals surface area contributed by atoms with Crippen molar-refractivity contribution in [3.8, 4) is 11.5 Å². The number of hydrogen-bond donors (Lipinski definition) is 2. The van der Waals surface area contributed by atoms with E-state index in [4.69, 9.17) is 15.2 Å². The van der Waals surface area contributed by atoms with Gasteiger partial charge in [0, 0.05) is 16.7 Å². The molecule has 3 N–H and O–H groups in total. The number of ether oxygens (including phenoxy) is 2. The monoisotopic (exact) mass is 373 g/mol. The summed E-state index contributed by atoms with van der Waals surface area (Å²) in [6.45, 7) is 6.58. The summed E-state index contributed by atoms with van der Waals surface area (Å²) in [5.74, 6) is 0.425. The molecule has 2 fully saturated rings. The van der Waals surface area contributed by atoms with Crippen molar-refractivity contribution in [3.63, 3.8) is 0 Å². The van der Waals surface area contributed by atoms with Gasteiger partial charge < -0.3 is 15.2 Å². The van der Waals surface area contributed by atoms with Crippen LogP contribution in [-0.4, -0.2) is 31.2 Å². The van der Waals surface area contributed by atoms with Gasteiger partial charge in [0.05, 0.1) is 7.11 Å². The standard InChI is InChI=1S/C20H27N3O4/c1-19(2)13-7-8-20(19,3)16(10-13)22-23-18(25)12-5-6-14(15(9-12)26-4)27-11-17(21)24/h5-6,9,13H,7-8,10-11H2,1-4H3,(H2,21,24)(H,23,25)/b22-16-/t13-,20-/m0/s1. The molecular formula is C20H27N3O4. The zero-order valence-corrected chi connectivity index (χ0v) is 16.3. The average Bonchev–Trinajstić information content (AvgIpc) is 2.97. The van der Waals surface area contributed by atoms with Crippen LogP contribution in [0.3, 0.4) is 0 Å². The lowest BCUT2D eigenvalue weighted by Crippen LogP contribution is -2.34. The lowest BCUT2D eigenvalue weighted by atomic mass is 9.70. The topological polar surface area (TPSA) is 103 Å². The Morgan fingerprint density at radius 1 is 1.30 bits per heavy atom. The van der Waals surface area contributed by atoms with E-state index in [1.807, 2.05) is 0 Å². The molecule has 0 unspecified atom stereocenters. The van der Waals surface area contributed by atoms with Crippen LogP contribution in [0.2, 0.25) is 0 Å². The van der Waals surface area contributed by atoms with Gasteiger partial charge in [0.25, 0.3) is 11.8 Å². The Kier molecular flexibility index (Phi) is 4.88. The summed E-state index contributed by atoms with van der Waals surface area (Å²) in [5, 5.41) is 4.47. The van der Waals surface area contributed by atoms with Crippen molar-refractivity contribution in [2.75, 3.05) is 13.7 Å². The molecule has 1 aromatic carbocycles. The molecule has 146 valence electrons. The zero-order chi connectivity index (χ0) is 19.8. The van der Waals surface area contributed by atoms with Gasteiger partial charge in [-0.15, -0.1) is 0 Å². The number of benzene rings is 1. The van der Waals surface area contributed by atoms with Crippen LogP contribution in [0.15, 0.2) is 23.3 Å². The first kappa shape index (κ1) is 19.2. The Labute approximate surface area is 159 Å². The number of primary amides is 1. The normalized spacial score (nSPS) is 26.8. The second-order valence-electron chi connectivity index (χ2n) is 8.11. The van der Waals surface area contributed by atoms with Crippen molar-refractivity contribution >= 4 is 17.5 Å². The highest BCUT2D eigenvalue weighted by Crippen LogP contribution is 2.63. The van der Waals surface area contributed by atoms with Crippen molar-refractivity contribution < 1.29 is 19.1 Å². The molecule has 7 heteroatoms. The van der Waals surface area contributed by atoms with Crippen LogP contribution in [-0.2, 0) is 4.79 Å². The van der Waals surface area contributed by atoms with Crippen LogP contribution in [0.4, 0.5) is 0 Å². The first-order valence-corrected chi connectivity index (χ1v) is 9.15. The number of methoxy groups -OCH3 is 1. The lowest BCUT2D eigenvalue weighted by Gasteiger charge is -2.34. The van der Waals surface area contributed by atoms with Crippen LogP contribution in [0.25, 0.3) is 0 Å². The second kappa shape index (κ2) is 6.87. The number of nitrogens with two attached hydrogens (primary N) is 1. The molecule has 2 atom stereocenters. The molecule has 0 aromatic heterocycles. The molecule has 7 nitrogen and oxygen atoms in total. The summed E-state index contributed by atoms with van der Waals surface area (Å²) in [4.78, 5) is 23.4. The summed E-state index contributed by atoms with van der Waals surface area (Å²) < 4.78 is 10.5. The molecule has 2 amide bonds. The lowest BCUT2D eigenvalue weighted by molar-refractivity contribution is -0.119. The van der Waals surface area contributed by atoms with Gasteiger partial charge in [-0.2, -0.15) is 5.10 Å². The molecule has 2 bridgehead atoms. The van der Waals surface area contributed by atoms with Crippen molar-refractivity contribution in [3.05, 3.63) is 23.8 Å². The molecule has 2 aliphatic rings. The summed E-state index contributed by atoms with van der Waals surface area (Å²) >= 11 is 0. The molecule has 0 aliphatic heterocycles. The molecule has 0 heterocycles. The minimum atomic E-state index is -0.586. The molecule has 2 aliphatic carbocycles. The number of fused-ring (bicyclic) bond motifs is 2. The molecule has 2 saturated carbocycles. The van der Waals surface area contributed by atoms with Crippen molar-refractivity contribution in [2.45, 2.75) is 40.0 Å². The molecule has 0 spiro atoms. The van der Waals surface area contributed by atoms with Crippen LogP contribution in [0.1, 0.15) is 50.4 Å². The van der Waals surface area contributed by atoms with Gasteiger partial charge in [-0.25, -0.2) is 5.43 Å². The maximum Gasteiger partial charge on any atom is 0.271 e. The fourth-order valence-electron chi connectivity index (χ4n) is 4.36. The first-order chi connectivity index (χ1) is 12.7. The minimum absolute atomic E-state index is 0.0368. The largest absolute Gasteiger partial charge is 0.493 e. The Morgan fingerprint density at radius 2 is 2.04 bits per heavy atom. The van der Waals surface area contributed by atoms with Crippen LogP contribution < -0.4 is 20.6 Å². The van der Waals surface area contributed by atoms with E-state index in [2.05, 4.69) is 31.3 Å². The van der Waals surface area contributed by atoms with E-state index in [1.165, 1.54) is 13.5 Å². The van der Waals surface area contributed by atoms with Crippen molar-refractivity contribution in [1.82, 2.24) is 5.43 Å². The van der Waals surface area contributed by atoms with Gasteiger partial charge in [0.2, 0.25) is 0 Å². The smallest absolute Gasteiger partial charge is 0.271 e. The predicted molar refractivity (Wildman–Crippen MR) is 102 cm³/mol. The number of carbonyl (C=O) groups excluding carboxylic acids is 2. The summed E-state index contributed by atoms with van der Waals surface area (Å²) in [7, 11) is 1.46. The molecular weight excluding hydrogens is 346 g/mol. The summed E-state index contributed by atoms with van der Waals surface area (Å²) in [6.07, 6.45) is 3.27. The Morgan fingerprint density at radius 3 is 2.59 bits per heavy atom. The molecule has 1 aromatic rings. The van der Waals surface area contributed by atoms with E-state index < -0.39 is 5.91 Å². The van der Waals surface area contributed by atoms with E-state index in [0.717, 1.165) is 18.6 Å². The van der Waals surface area contributed by atoms with E-state index in [9.17, 15) is 9.59 Å². The maximum absolute atomic E-state index is 12.5. The average molecular weight is 373 g/mol. The molecule has 0 radical (unpaired) electrons. The fourth-order valence-corrected chi connectivity index (χ4v) is 4.36.